The number of carbonyl (C=O) groups excluding carboxylic acids is 2. The second-order valence-electron chi connectivity index (χ2n) is 14.6. The summed E-state index contributed by atoms with van der Waals surface area (Å²) in [5.41, 5.74) is 5.46. The van der Waals surface area contributed by atoms with Crippen molar-refractivity contribution in [2.75, 3.05) is 26.2 Å². The minimum absolute atomic E-state index is 0.0251. The molecule has 0 aromatic heterocycles. The molecule has 1 N–H and O–H groups in total. The van der Waals surface area contributed by atoms with Gasteiger partial charge in [-0.2, -0.15) is 0 Å². The topological polar surface area (TPSA) is 52.7 Å². The summed E-state index contributed by atoms with van der Waals surface area (Å²) >= 11 is 0. The fraction of sp³-hybridized carbons (Fsp3) is 0.588. The maximum Gasteiger partial charge on any atom is 0.252 e. The van der Waals surface area contributed by atoms with Crippen molar-refractivity contribution in [2.45, 2.75) is 96.1 Å². The quantitative estimate of drug-likeness (QED) is 0.490. The van der Waals surface area contributed by atoms with Crippen LogP contribution in [0.4, 0.5) is 8.78 Å². The third-order valence-electron chi connectivity index (χ3n) is 10.9. The van der Waals surface area contributed by atoms with E-state index < -0.39 is 11.6 Å². The van der Waals surface area contributed by atoms with Gasteiger partial charge in [0.2, 0.25) is 5.91 Å². The van der Waals surface area contributed by atoms with Crippen LogP contribution >= 0.6 is 0 Å². The van der Waals surface area contributed by atoms with Crippen molar-refractivity contribution in [1.29, 1.82) is 0 Å². The number of hydrogen-bond acceptors (Lipinski definition) is 3. The van der Waals surface area contributed by atoms with E-state index in [1.165, 1.54) is 23.3 Å². The van der Waals surface area contributed by atoms with E-state index in [0.29, 0.717) is 31.7 Å². The number of aryl methyl sites for hydroxylation is 1. The van der Waals surface area contributed by atoms with Gasteiger partial charge in [0.1, 0.15) is 11.6 Å². The summed E-state index contributed by atoms with van der Waals surface area (Å²) in [5, 5.41) is 3.28. The molecule has 2 fully saturated rings. The van der Waals surface area contributed by atoms with Crippen LogP contribution in [0.5, 0.6) is 0 Å². The second kappa shape index (κ2) is 9.35. The zero-order chi connectivity index (χ0) is 29.6. The Bertz CT molecular complexity index is 1430. The van der Waals surface area contributed by atoms with Crippen molar-refractivity contribution < 1.29 is 18.4 Å². The molecule has 4 aliphatic rings. The first-order valence-corrected chi connectivity index (χ1v) is 15.1. The Balaban J connectivity index is 1.28. The normalized spacial score (nSPS) is 26.8. The lowest BCUT2D eigenvalue weighted by Crippen LogP contribution is -2.52. The van der Waals surface area contributed by atoms with Gasteiger partial charge in [0.25, 0.3) is 5.91 Å². The number of hydrogen-bond donors (Lipinski definition) is 1. The van der Waals surface area contributed by atoms with Crippen LogP contribution in [0.2, 0.25) is 0 Å². The largest absolute Gasteiger partial charge is 0.347 e. The molecule has 0 saturated carbocycles. The summed E-state index contributed by atoms with van der Waals surface area (Å²) in [7, 11) is 0. The Morgan fingerprint density at radius 3 is 2.37 bits per heavy atom. The molecule has 1 aliphatic carbocycles. The third kappa shape index (κ3) is 4.41. The predicted octanol–water partition coefficient (Wildman–Crippen LogP) is 5.97. The molecule has 5 nitrogen and oxygen atoms in total. The summed E-state index contributed by atoms with van der Waals surface area (Å²) in [6.07, 6.45) is 2.66. The Morgan fingerprint density at radius 2 is 1.73 bits per heavy atom. The second-order valence-corrected chi connectivity index (χ2v) is 14.6. The van der Waals surface area contributed by atoms with Gasteiger partial charge in [0, 0.05) is 60.7 Å². The van der Waals surface area contributed by atoms with Crippen molar-refractivity contribution in [3.8, 4) is 0 Å². The summed E-state index contributed by atoms with van der Waals surface area (Å²) in [6.45, 7) is 17.1. The van der Waals surface area contributed by atoms with Crippen LogP contribution in [0.25, 0.3) is 0 Å². The number of halogens is 2. The number of amides is 2. The number of rotatable bonds is 2. The molecule has 0 radical (unpaired) electrons. The fourth-order valence-electron chi connectivity index (χ4n) is 8.27. The highest BCUT2D eigenvalue weighted by molar-refractivity contribution is 6.00. The summed E-state index contributed by atoms with van der Waals surface area (Å²) < 4.78 is 28.7. The molecule has 2 unspecified atom stereocenters. The Kier molecular flexibility index (Phi) is 6.46. The van der Waals surface area contributed by atoms with E-state index >= 15 is 0 Å². The lowest BCUT2D eigenvalue weighted by atomic mass is 9.71. The van der Waals surface area contributed by atoms with Gasteiger partial charge in [-0.05, 0) is 107 Å². The van der Waals surface area contributed by atoms with Crippen LogP contribution in [0.3, 0.4) is 0 Å². The molecule has 2 saturated heterocycles. The minimum Gasteiger partial charge on any atom is -0.347 e. The maximum atomic E-state index is 15.0. The summed E-state index contributed by atoms with van der Waals surface area (Å²) in [4.78, 5) is 31.6. The highest BCUT2D eigenvalue weighted by Gasteiger charge is 2.55. The number of benzene rings is 2. The van der Waals surface area contributed by atoms with Gasteiger partial charge in [-0.15, -0.1) is 0 Å². The molecule has 6 rings (SSSR count). The molecule has 0 bridgehead atoms. The average Bonchev–Trinajstić information content (AvgIpc) is 3.45. The lowest BCUT2D eigenvalue weighted by Gasteiger charge is -2.42. The first-order valence-electron chi connectivity index (χ1n) is 15.1. The van der Waals surface area contributed by atoms with Gasteiger partial charge in [-0.1, -0.05) is 12.1 Å². The fourth-order valence-corrected chi connectivity index (χ4v) is 8.27. The van der Waals surface area contributed by atoms with Crippen LogP contribution in [0, 0.1) is 31.4 Å². The SMILES string of the molecule is Cc1cc2c3c(c1C)C(=O)NC(C)(C)C3CC21CCN(C(=O)[C@@H]2CN(C(C)(C)C)CC2c2ccc(F)cc2F)CC1. The van der Waals surface area contributed by atoms with E-state index in [2.05, 4.69) is 64.7 Å². The van der Waals surface area contributed by atoms with E-state index in [1.807, 2.05) is 4.90 Å². The summed E-state index contributed by atoms with van der Waals surface area (Å²) in [5.74, 6) is -1.55. The van der Waals surface area contributed by atoms with Gasteiger partial charge in [-0.25, -0.2) is 8.78 Å². The molecule has 7 heteroatoms. The molecule has 1 spiro atoms. The monoisotopic (exact) mass is 563 g/mol. The minimum atomic E-state index is -0.603. The average molecular weight is 564 g/mol. The number of nitrogens with zero attached hydrogens (tertiary/aromatic N) is 2. The third-order valence-corrected chi connectivity index (χ3v) is 10.9. The van der Waals surface area contributed by atoms with Crippen LogP contribution in [-0.2, 0) is 10.2 Å². The van der Waals surface area contributed by atoms with Crippen molar-refractivity contribution in [2.24, 2.45) is 5.92 Å². The molecular weight excluding hydrogens is 520 g/mol. The van der Waals surface area contributed by atoms with Gasteiger partial charge >= 0.3 is 0 Å². The van der Waals surface area contributed by atoms with Crippen molar-refractivity contribution in [1.82, 2.24) is 15.1 Å². The smallest absolute Gasteiger partial charge is 0.252 e. The van der Waals surface area contributed by atoms with Gasteiger partial charge in [-0.3, -0.25) is 14.5 Å². The van der Waals surface area contributed by atoms with E-state index in [0.717, 1.165) is 42.0 Å². The van der Waals surface area contributed by atoms with Crippen molar-refractivity contribution in [3.63, 3.8) is 0 Å². The van der Waals surface area contributed by atoms with Crippen LogP contribution in [0.15, 0.2) is 24.3 Å². The molecular formula is C34H43F2N3O2. The lowest BCUT2D eigenvalue weighted by molar-refractivity contribution is -0.137. The Hall–Kier alpha value is -2.80. The van der Waals surface area contributed by atoms with E-state index in [4.69, 9.17) is 0 Å². The Morgan fingerprint density at radius 1 is 1.05 bits per heavy atom. The molecule has 220 valence electrons. The molecule has 2 amide bonds. The van der Waals surface area contributed by atoms with Crippen LogP contribution in [0.1, 0.15) is 104 Å². The van der Waals surface area contributed by atoms with Gasteiger partial charge < -0.3 is 10.2 Å². The molecule has 2 aromatic carbocycles. The molecule has 3 atom stereocenters. The predicted molar refractivity (Wildman–Crippen MR) is 156 cm³/mol. The van der Waals surface area contributed by atoms with E-state index in [1.54, 1.807) is 0 Å². The van der Waals surface area contributed by atoms with Crippen LogP contribution in [-0.4, -0.2) is 58.9 Å². The maximum absolute atomic E-state index is 15.0. The Labute approximate surface area is 242 Å². The highest BCUT2D eigenvalue weighted by Crippen LogP contribution is 2.58. The van der Waals surface area contributed by atoms with E-state index in [9.17, 15) is 18.4 Å². The number of nitrogens with one attached hydrogen (secondary N) is 1. The van der Waals surface area contributed by atoms with Crippen LogP contribution < -0.4 is 5.32 Å². The van der Waals surface area contributed by atoms with Crippen molar-refractivity contribution in [3.05, 3.63) is 69.3 Å². The van der Waals surface area contributed by atoms with E-state index in [-0.39, 0.29) is 46.1 Å². The first-order chi connectivity index (χ1) is 19.1. The number of fused-ring (bicyclic) bond motifs is 1. The number of likely N-dealkylation sites (tertiary alicyclic amines) is 2. The first kappa shape index (κ1) is 28.3. The molecule has 2 aromatic rings. The molecule has 3 aliphatic heterocycles. The van der Waals surface area contributed by atoms with Gasteiger partial charge in [0.15, 0.2) is 0 Å². The summed E-state index contributed by atoms with van der Waals surface area (Å²) in [6, 6.07) is 6.06. The zero-order valence-corrected chi connectivity index (χ0v) is 25.5. The highest BCUT2D eigenvalue weighted by atomic mass is 19.1. The van der Waals surface area contributed by atoms with Crippen molar-refractivity contribution >= 4 is 11.8 Å². The number of carbonyl (C=O) groups is 2. The number of piperidine rings is 1. The standard InChI is InChI=1S/C34H43F2N3O2/c1-19-14-25-29-26(33(6,7)37-30(40)28(29)20(19)2)16-34(25)10-12-38(13-11-34)31(41)24-18-39(32(3,4)5)17-23(24)22-9-8-21(35)15-27(22)36/h8-9,14-15,23-24,26H,10-13,16-18H2,1-7H3,(H,37,40)/t23?,24-,26?/m1/s1. The molecule has 41 heavy (non-hydrogen) atoms. The van der Waals surface area contributed by atoms with Gasteiger partial charge in [0.05, 0.1) is 5.92 Å². The molecule has 3 heterocycles. The zero-order valence-electron chi connectivity index (χ0n) is 25.5.